The Morgan fingerprint density at radius 1 is 0.909 bits per heavy atom. The van der Waals surface area contributed by atoms with Gasteiger partial charge in [-0.2, -0.15) is 0 Å². The van der Waals surface area contributed by atoms with Crippen molar-refractivity contribution in [1.82, 2.24) is 0 Å². The fourth-order valence-electron chi connectivity index (χ4n) is 11.6. The second-order valence-corrected chi connectivity index (χ2v) is 18.3. The molecular weight excluding hydrogens is 716 g/mol. The van der Waals surface area contributed by atoms with Gasteiger partial charge in [0, 0.05) is 6.92 Å². The van der Waals surface area contributed by atoms with Crippen LogP contribution in [-0.4, -0.2) is 140 Å². The fourth-order valence-corrected chi connectivity index (χ4v) is 11.6. The maximum absolute atomic E-state index is 11.7. The van der Waals surface area contributed by atoms with Crippen molar-refractivity contribution in [2.24, 2.45) is 46.3 Å². The van der Waals surface area contributed by atoms with E-state index in [1.165, 1.54) is 12.5 Å². The highest BCUT2D eigenvalue weighted by Gasteiger charge is 2.64. The van der Waals surface area contributed by atoms with Crippen molar-refractivity contribution in [3.05, 3.63) is 23.8 Å². The summed E-state index contributed by atoms with van der Waals surface area (Å²) in [7, 11) is 0. The summed E-state index contributed by atoms with van der Waals surface area (Å²) in [5.41, 5.74) is 1.07. The maximum Gasteiger partial charge on any atom is 0.303 e. The van der Waals surface area contributed by atoms with E-state index < -0.39 is 97.7 Å². The largest absolute Gasteiger partial charge is 0.457 e. The molecule has 2 saturated heterocycles. The molecule has 0 amide bonds. The molecule has 0 aromatic rings. The van der Waals surface area contributed by atoms with E-state index in [2.05, 4.69) is 41.2 Å². The van der Waals surface area contributed by atoms with Crippen molar-refractivity contribution in [2.75, 3.05) is 13.2 Å². The third kappa shape index (κ3) is 7.85. The number of ether oxygens (including phenoxy) is 5. The molecule has 6 rings (SSSR count). The zero-order valence-corrected chi connectivity index (χ0v) is 33.1. The Hall–Kier alpha value is -1.53. The van der Waals surface area contributed by atoms with Crippen LogP contribution in [-0.2, 0) is 28.5 Å². The highest BCUT2D eigenvalue weighted by atomic mass is 16.7. The molecule has 20 unspecified atom stereocenters. The van der Waals surface area contributed by atoms with Gasteiger partial charge in [-0.15, -0.1) is 0 Å². The van der Waals surface area contributed by atoms with Crippen LogP contribution in [0.25, 0.3) is 0 Å². The lowest BCUT2D eigenvalue weighted by Gasteiger charge is -2.62. The molecule has 0 radical (unpaired) electrons. The number of fused-ring (bicyclic) bond motifs is 5. The Kier molecular flexibility index (Phi) is 13.0. The van der Waals surface area contributed by atoms with Gasteiger partial charge in [-0.3, -0.25) is 4.79 Å². The number of allylic oxidation sites excluding steroid dienone is 1. The average molecular weight is 783 g/mol. The number of carbonyl (C=O) groups is 1. The molecule has 14 heteroatoms. The van der Waals surface area contributed by atoms with Crippen molar-refractivity contribution in [3.63, 3.8) is 0 Å². The molecule has 4 aliphatic carbocycles. The van der Waals surface area contributed by atoms with Gasteiger partial charge in [0.15, 0.2) is 18.7 Å². The molecule has 8 N–H and O–H groups in total. The van der Waals surface area contributed by atoms with Gasteiger partial charge in [0.2, 0.25) is 0 Å². The van der Waals surface area contributed by atoms with Crippen LogP contribution in [0.3, 0.4) is 0 Å². The number of hydrogen-bond donors (Lipinski definition) is 8. The summed E-state index contributed by atoms with van der Waals surface area (Å²) in [6.45, 7) is 15.8. The number of esters is 1. The Bertz CT molecular complexity index is 1400. The topological polar surface area (TPSA) is 225 Å². The van der Waals surface area contributed by atoms with E-state index in [1.807, 2.05) is 6.08 Å². The number of aliphatic hydroxyl groups excluding tert-OH is 8. The third-order valence-corrected chi connectivity index (χ3v) is 14.8. The summed E-state index contributed by atoms with van der Waals surface area (Å²) >= 11 is 0. The first kappa shape index (κ1) is 43.1. The van der Waals surface area contributed by atoms with Gasteiger partial charge >= 0.3 is 5.97 Å². The molecule has 3 saturated carbocycles. The molecule has 0 bridgehead atoms. The van der Waals surface area contributed by atoms with Crippen LogP contribution in [0.5, 0.6) is 0 Å². The first-order valence-electron chi connectivity index (χ1n) is 20.4. The van der Waals surface area contributed by atoms with Crippen LogP contribution >= 0.6 is 0 Å². The Labute approximate surface area is 324 Å². The fraction of sp³-hybridized carbons (Fsp3) is 0.878. The molecule has 0 aromatic heterocycles. The average Bonchev–Trinajstić information content (AvgIpc) is 3.49. The first-order chi connectivity index (χ1) is 25.8. The van der Waals surface area contributed by atoms with Crippen LogP contribution in [0.4, 0.5) is 0 Å². The summed E-state index contributed by atoms with van der Waals surface area (Å²) in [4.78, 5) is 11.7. The van der Waals surface area contributed by atoms with Crippen LogP contribution in [0.2, 0.25) is 0 Å². The molecule has 0 aromatic carbocycles. The Morgan fingerprint density at radius 3 is 2.25 bits per heavy atom. The summed E-state index contributed by atoms with van der Waals surface area (Å²) < 4.78 is 29.8. The predicted octanol–water partition coefficient (Wildman–Crippen LogP) is 1.33. The zero-order chi connectivity index (χ0) is 40.3. The van der Waals surface area contributed by atoms with Crippen molar-refractivity contribution in [1.29, 1.82) is 0 Å². The minimum Gasteiger partial charge on any atom is -0.457 e. The predicted molar refractivity (Wildman–Crippen MR) is 197 cm³/mol. The maximum atomic E-state index is 11.7. The van der Waals surface area contributed by atoms with Crippen LogP contribution in [0.15, 0.2) is 23.8 Å². The molecule has 5 fully saturated rings. The third-order valence-electron chi connectivity index (χ3n) is 14.8. The van der Waals surface area contributed by atoms with Crippen LogP contribution in [0.1, 0.15) is 86.5 Å². The van der Waals surface area contributed by atoms with E-state index >= 15 is 0 Å². The number of aliphatic hydroxyl groups is 8. The molecule has 55 heavy (non-hydrogen) atoms. The lowest BCUT2D eigenvalue weighted by Crippen LogP contribution is -2.64. The second-order valence-electron chi connectivity index (χ2n) is 18.3. The van der Waals surface area contributed by atoms with E-state index in [-0.39, 0.29) is 36.2 Å². The molecule has 20 atom stereocenters. The van der Waals surface area contributed by atoms with Crippen molar-refractivity contribution >= 4 is 5.97 Å². The SMILES string of the molecule is C=C(CCC(C)C1CCC2C3C(OC4OCC(OC(C)=O)C(O)C4O)C=C4C(OC5OC(CO)C(O)C(O)C5O)C(O)C(O)CC4(C)C3CCC12C)C(C)C. The number of carbonyl (C=O) groups excluding carboxylic acids is 1. The molecule has 0 spiro atoms. The van der Waals surface area contributed by atoms with Gasteiger partial charge in [-0.1, -0.05) is 52.8 Å². The van der Waals surface area contributed by atoms with Crippen LogP contribution < -0.4 is 0 Å². The van der Waals surface area contributed by atoms with Gasteiger partial charge in [0.05, 0.1) is 25.4 Å². The quantitative estimate of drug-likeness (QED) is 0.109. The minimum absolute atomic E-state index is 0.0476. The molecule has 14 nitrogen and oxygen atoms in total. The zero-order valence-electron chi connectivity index (χ0n) is 33.1. The Balaban J connectivity index is 1.36. The number of hydrogen-bond acceptors (Lipinski definition) is 14. The van der Waals surface area contributed by atoms with E-state index in [9.17, 15) is 45.6 Å². The van der Waals surface area contributed by atoms with Crippen molar-refractivity contribution in [3.8, 4) is 0 Å². The Morgan fingerprint density at radius 2 is 1.60 bits per heavy atom. The summed E-state index contributed by atoms with van der Waals surface area (Å²) in [6.07, 6.45) is -10.1. The standard InChI is InChI=1S/C41H66O14/c1-18(2)19(3)8-9-20(4)22-10-11-23-30-24(12-13-40(22,23)6)41(7)15-26(44)31(45)37(55-39-36(50)34(48)32(46)28(16-42)54-39)25(41)14-27(30)53-38-35(49)33(47)29(17-51-38)52-21(5)43/h14,18,20,22-24,26-39,42,44-50H,3,8-13,15-17H2,1-2,4-7H3. The van der Waals surface area contributed by atoms with E-state index in [4.69, 9.17) is 23.7 Å². The molecule has 2 heterocycles. The van der Waals surface area contributed by atoms with E-state index in [0.29, 0.717) is 23.3 Å². The van der Waals surface area contributed by atoms with Gasteiger partial charge < -0.3 is 64.5 Å². The van der Waals surface area contributed by atoms with E-state index in [0.717, 1.165) is 38.5 Å². The number of rotatable bonds is 11. The lowest BCUT2D eigenvalue weighted by molar-refractivity contribution is -0.321. The summed E-state index contributed by atoms with van der Waals surface area (Å²) in [5.74, 6) is 0.668. The smallest absolute Gasteiger partial charge is 0.303 e. The van der Waals surface area contributed by atoms with E-state index in [1.54, 1.807) is 0 Å². The normalized spacial score (nSPS) is 49.0. The molecular formula is C41H66O14. The van der Waals surface area contributed by atoms with Gasteiger partial charge in [0.25, 0.3) is 0 Å². The molecule has 314 valence electrons. The monoisotopic (exact) mass is 782 g/mol. The lowest BCUT2D eigenvalue weighted by atomic mass is 9.45. The minimum atomic E-state index is -1.73. The summed E-state index contributed by atoms with van der Waals surface area (Å²) in [5, 5.41) is 86.9. The van der Waals surface area contributed by atoms with Crippen molar-refractivity contribution in [2.45, 2.75) is 166 Å². The summed E-state index contributed by atoms with van der Waals surface area (Å²) in [6, 6.07) is 0. The van der Waals surface area contributed by atoms with Gasteiger partial charge in [-0.25, -0.2) is 0 Å². The molecule has 6 aliphatic rings. The van der Waals surface area contributed by atoms with Crippen molar-refractivity contribution < 1.29 is 69.3 Å². The highest BCUT2D eigenvalue weighted by molar-refractivity contribution is 5.66. The first-order valence-corrected chi connectivity index (χ1v) is 20.4. The second kappa shape index (κ2) is 16.6. The highest BCUT2D eigenvalue weighted by Crippen LogP contribution is 2.68. The van der Waals surface area contributed by atoms with Gasteiger partial charge in [0.1, 0.15) is 48.8 Å². The van der Waals surface area contributed by atoms with Gasteiger partial charge in [-0.05, 0) is 96.9 Å². The van der Waals surface area contributed by atoms with Crippen LogP contribution in [0, 0.1) is 46.3 Å². The molecule has 2 aliphatic heterocycles.